The van der Waals surface area contributed by atoms with Crippen molar-refractivity contribution in [2.45, 2.75) is 6.04 Å². The molecule has 1 atom stereocenters. The fraction of sp³-hybridized carbons (Fsp3) is 0.143. The van der Waals surface area contributed by atoms with Crippen LogP contribution in [0.25, 0.3) is 0 Å². The summed E-state index contributed by atoms with van der Waals surface area (Å²) >= 11 is 9.53. The van der Waals surface area contributed by atoms with Crippen LogP contribution in [0.5, 0.6) is 0 Å². The second kappa shape index (κ2) is 5.99. The normalized spacial score (nSPS) is 12.5. The lowest BCUT2D eigenvalue weighted by Gasteiger charge is -2.19. The Hall–Kier alpha value is -0.970. The first kappa shape index (κ1) is 14.4. The summed E-state index contributed by atoms with van der Waals surface area (Å²) in [5.74, 6) is -1.73. The summed E-state index contributed by atoms with van der Waals surface area (Å²) in [5.41, 5.74) is 1.41. The van der Waals surface area contributed by atoms with E-state index in [9.17, 15) is 8.78 Å². The molecule has 0 saturated heterocycles. The molecular weight excluding hydrogens is 336 g/mol. The molecule has 2 aromatic rings. The lowest BCUT2D eigenvalue weighted by molar-refractivity contribution is 0.505. The van der Waals surface area contributed by atoms with E-state index in [2.05, 4.69) is 21.2 Å². The zero-order valence-electron chi connectivity index (χ0n) is 10.1. The van der Waals surface area contributed by atoms with Crippen LogP contribution < -0.4 is 5.32 Å². The van der Waals surface area contributed by atoms with Crippen molar-refractivity contribution < 1.29 is 8.78 Å². The highest BCUT2D eigenvalue weighted by Crippen LogP contribution is 2.31. The molecule has 0 aliphatic heterocycles. The first-order valence-corrected chi connectivity index (χ1v) is 6.77. The molecule has 0 saturated carbocycles. The predicted molar refractivity (Wildman–Crippen MR) is 76.4 cm³/mol. The van der Waals surface area contributed by atoms with Gasteiger partial charge in [0.05, 0.1) is 6.04 Å². The number of rotatable bonds is 3. The highest BCUT2D eigenvalue weighted by molar-refractivity contribution is 9.10. The summed E-state index contributed by atoms with van der Waals surface area (Å²) in [7, 11) is 1.74. The molecule has 2 aromatic carbocycles. The highest BCUT2D eigenvalue weighted by Gasteiger charge is 2.17. The van der Waals surface area contributed by atoms with Crippen molar-refractivity contribution >= 4 is 27.5 Å². The maximum Gasteiger partial charge on any atom is 0.159 e. The van der Waals surface area contributed by atoms with Crippen LogP contribution in [0.2, 0.25) is 5.02 Å². The molecule has 1 unspecified atom stereocenters. The van der Waals surface area contributed by atoms with Gasteiger partial charge >= 0.3 is 0 Å². The Balaban J connectivity index is 2.49. The van der Waals surface area contributed by atoms with E-state index >= 15 is 0 Å². The van der Waals surface area contributed by atoms with Gasteiger partial charge in [-0.1, -0.05) is 33.6 Å². The second-order valence-electron chi connectivity index (χ2n) is 4.06. The quantitative estimate of drug-likeness (QED) is 0.850. The van der Waals surface area contributed by atoms with Gasteiger partial charge in [0, 0.05) is 9.50 Å². The SMILES string of the molecule is CNC(c1ccc(F)c(F)c1)c1cc(Br)ccc1Cl. The predicted octanol–water partition coefficient (Wildman–Crippen LogP) is 4.69. The molecule has 19 heavy (non-hydrogen) atoms. The summed E-state index contributed by atoms with van der Waals surface area (Å²) in [6.07, 6.45) is 0. The Kier molecular flexibility index (Phi) is 4.55. The number of halogens is 4. The van der Waals surface area contributed by atoms with E-state index in [0.717, 1.165) is 16.1 Å². The zero-order valence-corrected chi connectivity index (χ0v) is 12.4. The molecule has 0 radical (unpaired) electrons. The highest BCUT2D eigenvalue weighted by atomic mass is 79.9. The van der Waals surface area contributed by atoms with E-state index in [4.69, 9.17) is 11.6 Å². The lowest BCUT2D eigenvalue weighted by Crippen LogP contribution is -2.18. The maximum absolute atomic E-state index is 13.3. The number of benzene rings is 2. The molecule has 0 aliphatic rings. The fourth-order valence-corrected chi connectivity index (χ4v) is 2.53. The van der Waals surface area contributed by atoms with Gasteiger partial charge in [-0.2, -0.15) is 0 Å². The van der Waals surface area contributed by atoms with Crippen LogP contribution in [0.3, 0.4) is 0 Å². The van der Waals surface area contributed by atoms with Crippen molar-refractivity contribution in [1.29, 1.82) is 0 Å². The lowest BCUT2D eigenvalue weighted by atomic mass is 9.98. The van der Waals surface area contributed by atoms with Crippen LogP contribution >= 0.6 is 27.5 Å². The Morgan fingerprint density at radius 3 is 2.47 bits per heavy atom. The fourth-order valence-electron chi connectivity index (χ4n) is 1.93. The van der Waals surface area contributed by atoms with Crippen LogP contribution in [0.4, 0.5) is 8.78 Å². The minimum Gasteiger partial charge on any atom is -0.309 e. The standard InChI is InChI=1S/C14H11BrClF2N/c1-19-14(8-2-5-12(17)13(18)6-8)10-7-9(15)3-4-11(10)16/h2-7,14,19H,1H3. The topological polar surface area (TPSA) is 12.0 Å². The molecule has 0 amide bonds. The number of hydrogen-bond acceptors (Lipinski definition) is 1. The Bertz CT molecular complexity index is 604. The first-order chi connectivity index (χ1) is 9.02. The van der Waals surface area contributed by atoms with Gasteiger partial charge in [-0.25, -0.2) is 8.78 Å². The summed E-state index contributed by atoms with van der Waals surface area (Å²) in [5, 5.41) is 3.62. The molecule has 1 N–H and O–H groups in total. The van der Waals surface area contributed by atoms with Crippen LogP contribution in [-0.4, -0.2) is 7.05 Å². The summed E-state index contributed by atoms with van der Waals surface area (Å²) in [6.45, 7) is 0. The van der Waals surface area contributed by atoms with Gasteiger partial charge in [0.2, 0.25) is 0 Å². The first-order valence-electron chi connectivity index (χ1n) is 5.60. The molecular formula is C14H11BrClF2N. The van der Waals surface area contributed by atoms with Crippen molar-refractivity contribution in [3.05, 3.63) is 68.7 Å². The number of hydrogen-bond donors (Lipinski definition) is 1. The van der Waals surface area contributed by atoms with Gasteiger partial charge in [-0.3, -0.25) is 0 Å². The average molecular weight is 347 g/mol. The van der Waals surface area contributed by atoms with Gasteiger partial charge in [0.25, 0.3) is 0 Å². The third-order valence-electron chi connectivity index (χ3n) is 2.83. The van der Waals surface area contributed by atoms with E-state index < -0.39 is 11.6 Å². The van der Waals surface area contributed by atoms with Crippen molar-refractivity contribution in [3.8, 4) is 0 Å². The molecule has 5 heteroatoms. The third kappa shape index (κ3) is 3.14. The van der Waals surface area contributed by atoms with Crippen LogP contribution in [0.15, 0.2) is 40.9 Å². The maximum atomic E-state index is 13.3. The van der Waals surface area contributed by atoms with E-state index in [0.29, 0.717) is 10.6 Å². The monoisotopic (exact) mass is 345 g/mol. The van der Waals surface area contributed by atoms with E-state index in [1.165, 1.54) is 12.1 Å². The van der Waals surface area contributed by atoms with Crippen molar-refractivity contribution in [2.24, 2.45) is 0 Å². The third-order valence-corrected chi connectivity index (χ3v) is 3.67. The van der Waals surface area contributed by atoms with E-state index in [1.54, 1.807) is 13.1 Å². The van der Waals surface area contributed by atoms with Gasteiger partial charge in [-0.05, 0) is 48.5 Å². The van der Waals surface area contributed by atoms with Crippen molar-refractivity contribution in [1.82, 2.24) is 5.32 Å². The molecule has 100 valence electrons. The molecule has 0 fully saturated rings. The van der Waals surface area contributed by atoms with Gasteiger partial charge in [-0.15, -0.1) is 0 Å². The smallest absolute Gasteiger partial charge is 0.159 e. The summed E-state index contributed by atoms with van der Waals surface area (Å²) in [6, 6.07) is 8.95. The molecule has 0 heterocycles. The van der Waals surface area contributed by atoms with E-state index in [-0.39, 0.29) is 6.04 Å². The minimum atomic E-state index is -0.871. The average Bonchev–Trinajstić information content (AvgIpc) is 2.38. The van der Waals surface area contributed by atoms with Gasteiger partial charge in [0.15, 0.2) is 11.6 Å². The second-order valence-corrected chi connectivity index (χ2v) is 5.38. The number of nitrogens with one attached hydrogen (secondary N) is 1. The van der Waals surface area contributed by atoms with Crippen molar-refractivity contribution in [2.75, 3.05) is 7.05 Å². The Morgan fingerprint density at radius 2 is 1.84 bits per heavy atom. The molecule has 1 nitrogen and oxygen atoms in total. The molecule has 2 rings (SSSR count). The van der Waals surface area contributed by atoms with E-state index in [1.807, 2.05) is 12.1 Å². The largest absolute Gasteiger partial charge is 0.309 e. The molecule has 0 bridgehead atoms. The van der Waals surface area contributed by atoms with Crippen LogP contribution in [-0.2, 0) is 0 Å². The molecule has 0 spiro atoms. The van der Waals surface area contributed by atoms with Crippen LogP contribution in [0.1, 0.15) is 17.2 Å². The van der Waals surface area contributed by atoms with Crippen LogP contribution in [0, 0.1) is 11.6 Å². The van der Waals surface area contributed by atoms with Gasteiger partial charge < -0.3 is 5.32 Å². The molecule has 0 aliphatic carbocycles. The Morgan fingerprint density at radius 1 is 1.11 bits per heavy atom. The summed E-state index contributed by atoms with van der Waals surface area (Å²) < 4.78 is 27.2. The summed E-state index contributed by atoms with van der Waals surface area (Å²) in [4.78, 5) is 0. The zero-order chi connectivity index (χ0) is 14.0. The van der Waals surface area contributed by atoms with Gasteiger partial charge in [0.1, 0.15) is 0 Å². The van der Waals surface area contributed by atoms with Crippen molar-refractivity contribution in [3.63, 3.8) is 0 Å². The molecule has 0 aromatic heterocycles. The Labute approximate surface area is 123 Å². The minimum absolute atomic E-state index is 0.305.